The van der Waals surface area contributed by atoms with E-state index >= 15 is 0 Å². The van der Waals surface area contributed by atoms with Crippen LogP contribution in [0.2, 0.25) is 0 Å². The maximum atomic E-state index is 14.1. The van der Waals surface area contributed by atoms with Gasteiger partial charge in [0.25, 0.3) is 0 Å². The molecule has 1 N–H and O–H groups in total. The van der Waals surface area contributed by atoms with E-state index in [1.54, 1.807) is 0 Å². The van der Waals surface area contributed by atoms with Crippen molar-refractivity contribution in [2.75, 3.05) is 12.4 Å². The van der Waals surface area contributed by atoms with Crippen molar-refractivity contribution >= 4 is 22.9 Å². The Bertz CT molecular complexity index is 874. The Morgan fingerprint density at radius 1 is 1.16 bits per heavy atom. The van der Waals surface area contributed by atoms with Gasteiger partial charge in [-0.3, -0.25) is 0 Å². The Kier molecular flexibility index (Phi) is 4.50. The minimum Gasteiger partial charge on any atom is -0.493 e. The molecular formula is C20H20ClF2NO. The molecule has 0 unspecified atom stereocenters. The topological polar surface area (TPSA) is 21.3 Å². The van der Waals surface area contributed by atoms with Crippen molar-refractivity contribution in [3.05, 3.63) is 53.1 Å². The Labute approximate surface area is 151 Å². The standard InChI is InChI=1S/C20H20ClF2NO/c1-11-9-20(2,3)24-17-6-5-13(15(10-21)18(11)17)14-7-12(22)8-16(23)19(14)25-4/h5-9,24H,10H2,1-4H3. The maximum absolute atomic E-state index is 14.1. The highest BCUT2D eigenvalue weighted by Crippen LogP contribution is 2.43. The zero-order valence-corrected chi connectivity index (χ0v) is 15.4. The molecule has 0 spiro atoms. The van der Waals surface area contributed by atoms with Crippen LogP contribution in [0.4, 0.5) is 14.5 Å². The molecule has 2 nitrogen and oxygen atoms in total. The number of hydrogen-bond acceptors (Lipinski definition) is 2. The second kappa shape index (κ2) is 6.34. The largest absolute Gasteiger partial charge is 0.493 e. The minimum absolute atomic E-state index is 0.0125. The van der Waals surface area contributed by atoms with Gasteiger partial charge in [0.15, 0.2) is 11.6 Å². The third kappa shape index (κ3) is 3.11. The van der Waals surface area contributed by atoms with E-state index in [-0.39, 0.29) is 17.2 Å². The van der Waals surface area contributed by atoms with Gasteiger partial charge >= 0.3 is 0 Å². The van der Waals surface area contributed by atoms with E-state index in [4.69, 9.17) is 16.3 Å². The summed E-state index contributed by atoms with van der Waals surface area (Å²) in [5, 5.41) is 3.46. The average molecular weight is 364 g/mol. The maximum Gasteiger partial charge on any atom is 0.168 e. The van der Waals surface area contributed by atoms with Crippen molar-refractivity contribution in [3.63, 3.8) is 0 Å². The van der Waals surface area contributed by atoms with E-state index in [1.165, 1.54) is 13.2 Å². The molecule has 0 aromatic heterocycles. The number of halogens is 3. The van der Waals surface area contributed by atoms with Gasteiger partial charge in [0.2, 0.25) is 0 Å². The summed E-state index contributed by atoms with van der Waals surface area (Å²) in [6, 6.07) is 5.84. The predicted octanol–water partition coefficient (Wildman–Crippen LogP) is 5.99. The summed E-state index contributed by atoms with van der Waals surface area (Å²) >= 11 is 6.25. The molecule has 0 atom stereocenters. The smallest absolute Gasteiger partial charge is 0.168 e. The van der Waals surface area contributed by atoms with Crippen LogP contribution in [0.5, 0.6) is 5.75 Å². The summed E-state index contributed by atoms with van der Waals surface area (Å²) in [6.45, 7) is 6.18. The highest BCUT2D eigenvalue weighted by molar-refractivity contribution is 6.18. The summed E-state index contributed by atoms with van der Waals surface area (Å²) in [7, 11) is 1.37. The second-order valence-electron chi connectivity index (χ2n) is 6.79. The number of nitrogens with one attached hydrogen (secondary N) is 1. The van der Waals surface area contributed by atoms with Gasteiger partial charge in [0.05, 0.1) is 12.6 Å². The highest BCUT2D eigenvalue weighted by Gasteiger charge is 2.26. The summed E-state index contributed by atoms with van der Waals surface area (Å²) < 4.78 is 33.1. The van der Waals surface area contributed by atoms with Gasteiger partial charge in [0.1, 0.15) is 5.82 Å². The van der Waals surface area contributed by atoms with Crippen LogP contribution < -0.4 is 10.1 Å². The van der Waals surface area contributed by atoms with Gasteiger partial charge in [-0.1, -0.05) is 12.1 Å². The van der Waals surface area contributed by atoms with Crippen molar-refractivity contribution in [1.82, 2.24) is 0 Å². The lowest BCUT2D eigenvalue weighted by Crippen LogP contribution is -2.31. The van der Waals surface area contributed by atoms with E-state index in [9.17, 15) is 8.78 Å². The summed E-state index contributed by atoms with van der Waals surface area (Å²) in [5.41, 5.74) is 4.67. The van der Waals surface area contributed by atoms with E-state index in [0.29, 0.717) is 11.1 Å². The molecule has 0 saturated carbocycles. The number of anilines is 1. The van der Waals surface area contributed by atoms with Gasteiger partial charge in [0, 0.05) is 28.8 Å². The molecule has 0 aliphatic carbocycles. The lowest BCUT2D eigenvalue weighted by atomic mass is 9.85. The molecule has 0 fully saturated rings. The molecule has 1 heterocycles. The van der Waals surface area contributed by atoms with Crippen molar-refractivity contribution < 1.29 is 13.5 Å². The van der Waals surface area contributed by atoms with E-state index < -0.39 is 11.6 Å². The number of ether oxygens (including phenoxy) is 1. The first kappa shape index (κ1) is 17.7. The molecule has 2 aromatic rings. The second-order valence-corrected chi connectivity index (χ2v) is 7.06. The molecule has 132 valence electrons. The van der Waals surface area contributed by atoms with Gasteiger partial charge in [-0.25, -0.2) is 8.78 Å². The van der Waals surface area contributed by atoms with Crippen LogP contribution in [-0.4, -0.2) is 12.6 Å². The summed E-state index contributed by atoms with van der Waals surface area (Å²) in [6.07, 6.45) is 2.12. The van der Waals surface area contributed by atoms with Crippen molar-refractivity contribution in [1.29, 1.82) is 0 Å². The molecule has 25 heavy (non-hydrogen) atoms. The van der Waals surface area contributed by atoms with Gasteiger partial charge in [-0.05, 0) is 49.6 Å². The monoisotopic (exact) mass is 363 g/mol. The normalized spacial score (nSPS) is 15.2. The van der Waals surface area contributed by atoms with E-state index in [0.717, 1.165) is 28.5 Å². The Hall–Kier alpha value is -2.07. The van der Waals surface area contributed by atoms with Crippen LogP contribution in [-0.2, 0) is 5.88 Å². The first-order valence-electron chi connectivity index (χ1n) is 8.00. The fourth-order valence-corrected chi connectivity index (χ4v) is 3.84. The van der Waals surface area contributed by atoms with Gasteiger partial charge < -0.3 is 10.1 Å². The molecular weight excluding hydrogens is 344 g/mol. The lowest BCUT2D eigenvalue weighted by Gasteiger charge is -2.33. The summed E-state index contributed by atoms with van der Waals surface area (Å²) in [4.78, 5) is 0. The molecule has 5 heteroatoms. The quantitative estimate of drug-likeness (QED) is 0.676. The first-order chi connectivity index (χ1) is 11.8. The fourth-order valence-electron chi connectivity index (χ4n) is 3.56. The average Bonchev–Trinajstić information content (AvgIpc) is 2.51. The van der Waals surface area contributed by atoms with Crippen molar-refractivity contribution in [3.8, 4) is 16.9 Å². The van der Waals surface area contributed by atoms with Crippen LogP contribution in [0, 0.1) is 11.6 Å². The first-order valence-corrected chi connectivity index (χ1v) is 8.54. The third-order valence-corrected chi connectivity index (χ3v) is 4.64. The Morgan fingerprint density at radius 3 is 2.52 bits per heavy atom. The number of methoxy groups -OCH3 is 1. The SMILES string of the molecule is COc1c(F)cc(F)cc1-c1ccc2c(c1CCl)C(C)=CC(C)(C)N2. The van der Waals surface area contributed by atoms with Gasteiger partial charge in [-0.15, -0.1) is 11.6 Å². The zero-order chi connectivity index (χ0) is 18.4. The number of rotatable bonds is 3. The van der Waals surface area contributed by atoms with E-state index in [1.807, 2.05) is 19.1 Å². The minimum atomic E-state index is -0.734. The van der Waals surface area contributed by atoms with Crippen LogP contribution in [0.3, 0.4) is 0 Å². The molecule has 0 bridgehead atoms. The number of fused-ring (bicyclic) bond motifs is 1. The highest BCUT2D eigenvalue weighted by atomic mass is 35.5. The van der Waals surface area contributed by atoms with Gasteiger partial charge in [-0.2, -0.15) is 0 Å². The number of allylic oxidation sites excluding steroid dienone is 1. The van der Waals surface area contributed by atoms with Crippen LogP contribution >= 0.6 is 11.6 Å². The molecule has 1 aliphatic heterocycles. The molecule has 1 aliphatic rings. The van der Waals surface area contributed by atoms with Crippen LogP contribution in [0.25, 0.3) is 16.7 Å². The predicted molar refractivity (Wildman–Crippen MR) is 99.3 cm³/mol. The summed E-state index contributed by atoms with van der Waals surface area (Å²) in [5.74, 6) is -1.16. The van der Waals surface area contributed by atoms with Crippen LogP contribution in [0.15, 0.2) is 30.3 Å². The number of alkyl halides is 1. The molecule has 0 radical (unpaired) electrons. The van der Waals surface area contributed by atoms with Crippen molar-refractivity contribution in [2.45, 2.75) is 32.2 Å². The molecule has 0 saturated heterocycles. The Morgan fingerprint density at radius 2 is 1.88 bits per heavy atom. The fraction of sp³-hybridized carbons (Fsp3) is 0.300. The van der Waals surface area contributed by atoms with Crippen molar-refractivity contribution in [2.24, 2.45) is 0 Å². The zero-order valence-electron chi connectivity index (χ0n) is 14.6. The number of benzene rings is 2. The lowest BCUT2D eigenvalue weighted by molar-refractivity contribution is 0.386. The molecule has 2 aromatic carbocycles. The number of hydrogen-bond donors (Lipinski definition) is 1. The molecule has 0 amide bonds. The van der Waals surface area contributed by atoms with E-state index in [2.05, 4.69) is 25.2 Å². The Balaban J connectivity index is 2.30. The van der Waals surface area contributed by atoms with Crippen LogP contribution in [0.1, 0.15) is 31.9 Å². The molecule has 3 rings (SSSR count). The third-order valence-electron chi connectivity index (χ3n) is 4.38.